The van der Waals surface area contributed by atoms with Crippen LogP contribution in [-0.4, -0.2) is 18.0 Å². The second kappa shape index (κ2) is 4.34. The third-order valence-corrected chi connectivity index (χ3v) is 3.05. The van der Waals surface area contributed by atoms with E-state index in [0.29, 0.717) is 0 Å². The summed E-state index contributed by atoms with van der Waals surface area (Å²) in [5, 5.41) is 1.58. The Hall–Kier alpha value is -1.61. The molecular weight excluding hydrogens is 212 g/mol. The van der Waals surface area contributed by atoms with Gasteiger partial charge in [-0.2, -0.15) is 0 Å². The molecular formula is C14H18N2O. The van der Waals surface area contributed by atoms with E-state index in [1.54, 1.807) is 12.1 Å². The van der Waals surface area contributed by atoms with Gasteiger partial charge in [-0.25, -0.2) is 5.43 Å². The predicted molar refractivity (Wildman–Crippen MR) is 68.0 cm³/mol. The lowest BCUT2D eigenvalue weighted by atomic mass is 9.91. The molecule has 1 aliphatic rings. The Balaban J connectivity index is 2.31. The summed E-state index contributed by atoms with van der Waals surface area (Å²) in [6.45, 7) is 3.86. The predicted octanol–water partition coefficient (Wildman–Crippen LogP) is 2.29. The van der Waals surface area contributed by atoms with Crippen LogP contribution < -0.4 is 5.43 Å². The molecule has 0 radical (unpaired) electrons. The Morgan fingerprint density at radius 2 is 1.88 bits per heavy atom. The van der Waals surface area contributed by atoms with Crippen LogP contribution in [0.1, 0.15) is 25.5 Å². The van der Waals surface area contributed by atoms with Crippen molar-refractivity contribution in [2.24, 2.45) is 5.41 Å². The van der Waals surface area contributed by atoms with Crippen LogP contribution in [0.4, 0.5) is 0 Å². The minimum Gasteiger partial charge on any atom is -0.280 e. The van der Waals surface area contributed by atoms with Crippen molar-refractivity contribution in [3.05, 3.63) is 48.0 Å². The number of hydrogen-bond acceptors (Lipinski definition) is 2. The molecule has 1 aliphatic heterocycles. The minimum atomic E-state index is -0.453. The van der Waals surface area contributed by atoms with Crippen LogP contribution in [0.5, 0.6) is 0 Å². The van der Waals surface area contributed by atoms with Crippen molar-refractivity contribution in [1.82, 2.24) is 10.4 Å². The van der Waals surface area contributed by atoms with Crippen molar-refractivity contribution in [1.29, 1.82) is 0 Å². The van der Waals surface area contributed by atoms with Gasteiger partial charge in [0.2, 0.25) is 5.91 Å². The molecule has 17 heavy (non-hydrogen) atoms. The summed E-state index contributed by atoms with van der Waals surface area (Å²) in [7, 11) is 1.77. The highest BCUT2D eigenvalue weighted by Crippen LogP contribution is 2.26. The summed E-state index contributed by atoms with van der Waals surface area (Å²) >= 11 is 0. The Morgan fingerprint density at radius 1 is 1.24 bits per heavy atom. The van der Waals surface area contributed by atoms with E-state index in [-0.39, 0.29) is 11.9 Å². The topological polar surface area (TPSA) is 32.3 Å². The fourth-order valence-corrected chi connectivity index (χ4v) is 2.00. The molecule has 0 aliphatic carbocycles. The number of carbonyl (C=O) groups excluding carboxylic acids is 1. The van der Waals surface area contributed by atoms with Crippen LogP contribution in [0.2, 0.25) is 0 Å². The molecule has 0 aromatic heterocycles. The van der Waals surface area contributed by atoms with Gasteiger partial charge in [-0.15, -0.1) is 0 Å². The number of rotatable bonds is 1. The molecule has 1 heterocycles. The summed E-state index contributed by atoms with van der Waals surface area (Å²) in [6.07, 6.45) is 4.03. The molecule has 3 heteroatoms. The fourth-order valence-electron chi connectivity index (χ4n) is 2.00. The minimum absolute atomic E-state index is 0.0481. The molecule has 1 aromatic rings. The molecule has 0 saturated heterocycles. The average Bonchev–Trinajstić information content (AvgIpc) is 2.42. The Kier molecular flexibility index (Phi) is 3.03. The maximum Gasteiger partial charge on any atom is 0.245 e. The van der Waals surface area contributed by atoms with Crippen LogP contribution in [0, 0.1) is 5.41 Å². The fraction of sp³-hybridized carbons (Fsp3) is 0.357. The number of nitrogens with zero attached hydrogens (tertiary/aromatic N) is 1. The largest absolute Gasteiger partial charge is 0.280 e. The zero-order valence-electron chi connectivity index (χ0n) is 10.5. The van der Waals surface area contributed by atoms with Gasteiger partial charge < -0.3 is 0 Å². The Bertz CT molecular complexity index is 437. The van der Waals surface area contributed by atoms with E-state index in [4.69, 9.17) is 0 Å². The van der Waals surface area contributed by atoms with E-state index >= 15 is 0 Å². The third-order valence-electron chi connectivity index (χ3n) is 3.05. The number of hydrogen-bond donors (Lipinski definition) is 1. The lowest BCUT2D eigenvalue weighted by Crippen LogP contribution is -2.44. The first-order valence-electron chi connectivity index (χ1n) is 5.79. The van der Waals surface area contributed by atoms with Crippen LogP contribution in [-0.2, 0) is 4.79 Å². The van der Waals surface area contributed by atoms with Crippen LogP contribution in [0.25, 0.3) is 0 Å². The normalized spacial score (nSPS) is 23.6. The SMILES string of the molecule is CN1NC(c2ccccc2)C=CC(C)(C)C1=O. The number of nitrogens with one attached hydrogen (secondary N) is 1. The maximum atomic E-state index is 12.1. The number of benzene rings is 1. The van der Waals surface area contributed by atoms with Gasteiger partial charge in [0.25, 0.3) is 0 Å². The first-order chi connectivity index (χ1) is 8.00. The van der Waals surface area contributed by atoms with Gasteiger partial charge in [0.15, 0.2) is 0 Å². The second-order valence-corrected chi connectivity index (χ2v) is 4.96. The maximum absolute atomic E-state index is 12.1. The highest BCUT2D eigenvalue weighted by Gasteiger charge is 2.31. The van der Waals surface area contributed by atoms with Crippen molar-refractivity contribution in [3.63, 3.8) is 0 Å². The standard InChI is InChI=1S/C14H18N2O/c1-14(2)10-9-12(15-16(3)13(14)17)11-7-5-4-6-8-11/h4-10,12,15H,1-3H3. The molecule has 0 spiro atoms. The lowest BCUT2D eigenvalue weighted by Gasteiger charge is -2.26. The highest BCUT2D eigenvalue weighted by atomic mass is 16.2. The Morgan fingerprint density at radius 3 is 2.53 bits per heavy atom. The van der Waals surface area contributed by atoms with E-state index in [9.17, 15) is 4.79 Å². The van der Waals surface area contributed by atoms with E-state index in [0.717, 1.165) is 5.56 Å². The smallest absolute Gasteiger partial charge is 0.245 e. The molecule has 2 rings (SSSR count). The van der Waals surface area contributed by atoms with Gasteiger partial charge in [0.1, 0.15) is 0 Å². The van der Waals surface area contributed by atoms with Crippen LogP contribution in [0.15, 0.2) is 42.5 Å². The first-order valence-corrected chi connectivity index (χ1v) is 5.79. The molecule has 1 aromatic carbocycles. The Labute approximate surface area is 102 Å². The molecule has 1 N–H and O–H groups in total. The summed E-state index contributed by atoms with van der Waals surface area (Å²) < 4.78 is 0. The average molecular weight is 230 g/mol. The van der Waals surface area contributed by atoms with Crippen molar-refractivity contribution >= 4 is 5.91 Å². The summed E-state index contributed by atoms with van der Waals surface area (Å²) in [6, 6.07) is 10.2. The monoisotopic (exact) mass is 230 g/mol. The van der Waals surface area contributed by atoms with Crippen molar-refractivity contribution < 1.29 is 4.79 Å². The van der Waals surface area contributed by atoms with Gasteiger partial charge in [-0.1, -0.05) is 42.5 Å². The number of hydrazine groups is 1. The highest BCUT2D eigenvalue weighted by molar-refractivity contribution is 5.83. The van der Waals surface area contributed by atoms with Crippen molar-refractivity contribution in [3.8, 4) is 0 Å². The molecule has 90 valence electrons. The van der Waals surface area contributed by atoms with Crippen LogP contribution in [0.3, 0.4) is 0 Å². The quantitative estimate of drug-likeness (QED) is 0.751. The zero-order valence-corrected chi connectivity index (χ0v) is 10.5. The lowest BCUT2D eigenvalue weighted by molar-refractivity contribution is -0.139. The van der Waals surface area contributed by atoms with E-state index < -0.39 is 5.41 Å². The molecule has 1 amide bonds. The number of amides is 1. The molecule has 1 unspecified atom stereocenters. The first kappa shape index (κ1) is 11.9. The molecule has 0 bridgehead atoms. The summed E-state index contributed by atoms with van der Waals surface area (Å²) in [5.41, 5.74) is 3.90. The van der Waals surface area contributed by atoms with Crippen LogP contribution >= 0.6 is 0 Å². The molecule has 1 atom stereocenters. The van der Waals surface area contributed by atoms with E-state index in [2.05, 4.69) is 23.6 Å². The van der Waals surface area contributed by atoms with Crippen molar-refractivity contribution in [2.75, 3.05) is 7.05 Å². The second-order valence-electron chi connectivity index (χ2n) is 4.96. The van der Waals surface area contributed by atoms with Crippen molar-refractivity contribution in [2.45, 2.75) is 19.9 Å². The van der Waals surface area contributed by atoms with E-state index in [1.807, 2.05) is 38.1 Å². The molecule has 0 fully saturated rings. The molecule has 3 nitrogen and oxygen atoms in total. The van der Waals surface area contributed by atoms with Gasteiger partial charge in [0, 0.05) is 7.05 Å². The zero-order chi connectivity index (χ0) is 12.5. The summed E-state index contributed by atoms with van der Waals surface area (Å²) in [4.78, 5) is 12.1. The van der Waals surface area contributed by atoms with Gasteiger partial charge >= 0.3 is 0 Å². The third kappa shape index (κ3) is 2.39. The molecule has 0 saturated carbocycles. The summed E-state index contributed by atoms with van der Waals surface area (Å²) in [5.74, 6) is 0.0761. The van der Waals surface area contributed by atoms with Gasteiger partial charge in [0.05, 0.1) is 11.5 Å². The van der Waals surface area contributed by atoms with E-state index in [1.165, 1.54) is 0 Å². The number of carbonyl (C=O) groups is 1. The van der Waals surface area contributed by atoms with Gasteiger partial charge in [-0.05, 0) is 19.4 Å². The van der Waals surface area contributed by atoms with Gasteiger partial charge in [-0.3, -0.25) is 9.80 Å².